The third kappa shape index (κ3) is 1.94. The summed E-state index contributed by atoms with van der Waals surface area (Å²) in [6.07, 6.45) is 0. The van der Waals surface area contributed by atoms with Gasteiger partial charge in [0.15, 0.2) is 0 Å². The van der Waals surface area contributed by atoms with Crippen LogP contribution in [-0.2, 0) is 4.43 Å². The van der Waals surface area contributed by atoms with Crippen LogP contribution in [0.5, 0.6) is 0 Å². The Kier molecular flexibility index (Phi) is 2.81. The Morgan fingerprint density at radius 1 is 1.23 bits per heavy atom. The van der Waals surface area contributed by atoms with E-state index in [0.29, 0.717) is 0 Å². The Balaban J connectivity index is 3.19. The number of carbonyl (C=O) groups excluding carboxylic acids is 1. The second-order valence-corrected chi connectivity index (χ2v) is 2.75. The maximum absolute atomic E-state index is 11.1. The number of hydrogen-bond donors (Lipinski definition) is 1. The lowest BCUT2D eigenvalue weighted by Gasteiger charge is -2.02. The van der Waals surface area contributed by atoms with Gasteiger partial charge in [0.05, 0.1) is 11.1 Å². The molecular weight excluding hydrogens is 188 g/mol. The van der Waals surface area contributed by atoms with Crippen LogP contribution in [0.4, 0.5) is 0 Å². The topological polar surface area (TPSA) is 63.6 Å². The van der Waals surface area contributed by atoms with E-state index in [-0.39, 0.29) is 21.6 Å². The van der Waals surface area contributed by atoms with Crippen LogP contribution in [0, 0.1) is 0 Å². The smallest absolute Gasteiger partial charge is 0.336 e. The van der Waals surface area contributed by atoms with Crippen molar-refractivity contribution in [1.82, 2.24) is 0 Å². The van der Waals surface area contributed by atoms with Gasteiger partial charge in [-0.15, -0.1) is 0 Å². The highest BCUT2D eigenvalue weighted by Crippen LogP contribution is 2.09. The summed E-state index contributed by atoms with van der Waals surface area (Å²) in [5.41, 5.74) is 0.0772. The van der Waals surface area contributed by atoms with Crippen molar-refractivity contribution in [3.8, 4) is 0 Å². The van der Waals surface area contributed by atoms with Crippen LogP contribution in [0.15, 0.2) is 24.3 Å². The van der Waals surface area contributed by atoms with Crippen LogP contribution >= 0.6 is 0 Å². The summed E-state index contributed by atoms with van der Waals surface area (Å²) < 4.78 is 4.56. The molecule has 0 aromatic heterocycles. The highest BCUT2D eigenvalue weighted by atomic mass is 28.2. The molecule has 0 aliphatic heterocycles. The summed E-state index contributed by atoms with van der Waals surface area (Å²) in [6.45, 7) is 0. The van der Waals surface area contributed by atoms with Crippen molar-refractivity contribution in [3.05, 3.63) is 35.4 Å². The number of benzene rings is 1. The first kappa shape index (κ1) is 9.46. The minimum atomic E-state index is -1.12. The molecule has 0 atom stereocenters. The molecule has 1 aromatic carbocycles. The van der Waals surface area contributed by atoms with Crippen LogP contribution in [0.3, 0.4) is 0 Å². The number of carboxylic acids is 1. The van der Waals surface area contributed by atoms with E-state index in [0.717, 1.165) is 0 Å². The number of rotatable bonds is 2. The molecule has 1 rings (SSSR count). The van der Waals surface area contributed by atoms with Crippen LogP contribution in [-0.4, -0.2) is 27.5 Å². The molecule has 68 valence electrons. The third-order valence-electron chi connectivity index (χ3n) is 1.56. The first-order valence-electron chi connectivity index (χ1n) is 3.57. The molecule has 0 heterocycles. The standard InChI is InChI=1S/C8H8O4Si/c9-7(10)5-3-1-2-4-6(5)8(11)12-13/h1-4H,13H3,(H,9,10). The zero-order valence-corrected chi connectivity index (χ0v) is 8.98. The number of hydrogen-bond acceptors (Lipinski definition) is 3. The molecule has 0 fully saturated rings. The molecule has 0 amide bonds. The fraction of sp³-hybridized carbons (Fsp3) is 0. The van der Waals surface area contributed by atoms with Crippen LogP contribution in [0.25, 0.3) is 0 Å². The van der Waals surface area contributed by atoms with Crippen molar-refractivity contribution < 1.29 is 19.1 Å². The molecule has 1 aromatic rings. The van der Waals surface area contributed by atoms with E-state index in [1.807, 2.05) is 0 Å². The summed E-state index contributed by atoms with van der Waals surface area (Å²) in [6, 6.07) is 5.97. The van der Waals surface area contributed by atoms with Gasteiger partial charge in [-0.1, -0.05) is 12.1 Å². The van der Waals surface area contributed by atoms with Crippen molar-refractivity contribution in [1.29, 1.82) is 0 Å². The van der Waals surface area contributed by atoms with Crippen molar-refractivity contribution >= 4 is 22.4 Å². The lowest BCUT2D eigenvalue weighted by molar-refractivity contribution is 0.0672. The Morgan fingerprint density at radius 3 is 2.23 bits per heavy atom. The third-order valence-corrected chi connectivity index (χ3v) is 1.93. The number of carboxylic acid groups (broad SMARTS) is 1. The Bertz CT molecular complexity index is 348. The highest BCUT2D eigenvalue weighted by molar-refractivity contribution is 6.12. The number of carbonyl (C=O) groups is 2. The quantitative estimate of drug-likeness (QED) is 0.666. The molecule has 0 aliphatic carbocycles. The fourth-order valence-electron chi connectivity index (χ4n) is 0.958. The van der Waals surface area contributed by atoms with Gasteiger partial charge in [0.25, 0.3) is 0 Å². The Hall–Kier alpha value is -1.62. The Morgan fingerprint density at radius 2 is 1.77 bits per heavy atom. The van der Waals surface area contributed by atoms with Crippen molar-refractivity contribution in [2.24, 2.45) is 0 Å². The van der Waals surface area contributed by atoms with Gasteiger partial charge in [-0.05, 0) is 12.1 Å². The summed E-state index contributed by atoms with van der Waals surface area (Å²) in [5.74, 6) is -1.70. The van der Waals surface area contributed by atoms with E-state index >= 15 is 0 Å². The second-order valence-electron chi connectivity index (χ2n) is 2.34. The van der Waals surface area contributed by atoms with Gasteiger partial charge in [-0.3, -0.25) is 0 Å². The van der Waals surface area contributed by atoms with Crippen molar-refractivity contribution in [2.75, 3.05) is 0 Å². The van der Waals surface area contributed by atoms with Crippen LogP contribution in [0.1, 0.15) is 20.7 Å². The van der Waals surface area contributed by atoms with Gasteiger partial charge in [0, 0.05) is 0 Å². The molecule has 5 heteroatoms. The highest BCUT2D eigenvalue weighted by Gasteiger charge is 2.14. The first-order chi connectivity index (χ1) is 6.16. The van der Waals surface area contributed by atoms with Gasteiger partial charge in [-0.2, -0.15) is 0 Å². The normalized spacial score (nSPS) is 9.54. The molecule has 0 saturated heterocycles. The predicted octanol–water partition coefficient (Wildman–Crippen LogP) is -0.178. The molecular formula is C8H8O4Si. The van der Waals surface area contributed by atoms with Gasteiger partial charge in [0.2, 0.25) is 10.5 Å². The monoisotopic (exact) mass is 196 g/mol. The molecule has 0 bridgehead atoms. The largest absolute Gasteiger partial charge is 0.525 e. The van der Waals surface area contributed by atoms with E-state index in [2.05, 4.69) is 4.43 Å². The number of aromatic carboxylic acids is 1. The SMILES string of the molecule is O=C(O)c1ccccc1C(=O)O[SiH3]. The fourth-order valence-corrected chi connectivity index (χ4v) is 1.18. The molecule has 0 spiro atoms. The lowest BCUT2D eigenvalue weighted by Crippen LogP contribution is -2.09. The molecule has 0 aliphatic rings. The average molecular weight is 196 g/mol. The Labute approximate surface area is 77.7 Å². The van der Waals surface area contributed by atoms with E-state index in [1.165, 1.54) is 12.1 Å². The van der Waals surface area contributed by atoms with Crippen LogP contribution < -0.4 is 0 Å². The molecule has 1 N–H and O–H groups in total. The molecule has 0 saturated carbocycles. The van der Waals surface area contributed by atoms with E-state index in [9.17, 15) is 9.59 Å². The van der Waals surface area contributed by atoms with Crippen LogP contribution in [0.2, 0.25) is 0 Å². The van der Waals surface area contributed by atoms with E-state index < -0.39 is 11.9 Å². The van der Waals surface area contributed by atoms with Crippen molar-refractivity contribution in [3.63, 3.8) is 0 Å². The summed E-state index contributed by atoms with van der Waals surface area (Å²) in [5, 5.41) is 8.71. The summed E-state index contributed by atoms with van der Waals surface area (Å²) >= 11 is 0. The van der Waals surface area contributed by atoms with Crippen molar-refractivity contribution in [2.45, 2.75) is 0 Å². The molecule has 4 nitrogen and oxygen atoms in total. The maximum atomic E-state index is 11.1. The zero-order chi connectivity index (χ0) is 9.84. The average Bonchev–Trinajstić information content (AvgIpc) is 2.16. The van der Waals surface area contributed by atoms with E-state index in [1.54, 1.807) is 12.1 Å². The van der Waals surface area contributed by atoms with Gasteiger partial charge in [0.1, 0.15) is 0 Å². The first-order valence-corrected chi connectivity index (χ1v) is 4.39. The summed E-state index contributed by atoms with van der Waals surface area (Å²) in [7, 11) is 0.259. The van der Waals surface area contributed by atoms with Gasteiger partial charge < -0.3 is 9.53 Å². The molecule has 0 radical (unpaired) electrons. The lowest BCUT2D eigenvalue weighted by atomic mass is 10.1. The van der Waals surface area contributed by atoms with Gasteiger partial charge in [-0.25, -0.2) is 9.59 Å². The molecule has 13 heavy (non-hydrogen) atoms. The summed E-state index contributed by atoms with van der Waals surface area (Å²) in [4.78, 5) is 21.7. The second kappa shape index (κ2) is 3.86. The maximum Gasteiger partial charge on any atom is 0.336 e. The minimum Gasteiger partial charge on any atom is -0.525 e. The minimum absolute atomic E-state index is 0.0247. The van der Waals surface area contributed by atoms with E-state index in [4.69, 9.17) is 5.11 Å². The zero-order valence-electron chi connectivity index (χ0n) is 6.98. The molecule has 0 unspecified atom stereocenters. The predicted molar refractivity (Wildman–Crippen MR) is 48.8 cm³/mol. The van der Waals surface area contributed by atoms with Gasteiger partial charge >= 0.3 is 11.9 Å².